The maximum Gasteiger partial charge on any atom is 0.225 e. The molecule has 5 nitrogen and oxygen atoms in total. The molecule has 2 aliphatic rings. The molecule has 3 rings (SSSR count). The first kappa shape index (κ1) is 12.8. The van der Waals surface area contributed by atoms with Crippen LogP contribution in [0.1, 0.15) is 30.1 Å². The van der Waals surface area contributed by atoms with Crippen molar-refractivity contribution in [1.29, 1.82) is 0 Å². The lowest BCUT2D eigenvalue weighted by Crippen LogP contribution is -2.45. The summed E-state index contributed by atoms with van der Waals surface area (Å²) >= 11 is 0. The molecule has 1 aromatic heterocycles. The van der Waals surface area contributed by atoms with Crippen LogP contribution < -0.4 is 10.2 Å². The number of aryl methyl sites for hydroxylation is 1. The zero-order valence-corrected chi connectivity index (χ0v) is 11.9. The molecule has 2 heterocycles. The van der Waals surface area contributed by atoms with Crippen molar-refractivity contribution in [3.8, 4) is 0 Å². The van der Waals surface area contributed by atoms with Crippen molar-refractivity contribution >= 4 is 5.95 Å². The minimum atomic E-state index is 0.435. The van der Waals surface area contributed by atoms with E-state index in [2.05, 4.69) is 27.1 Å². The van der Waals surface area contributed by atoms with Crippen molar-refractivity contribution in [3.63, 3.8) is 0 Å². The van der Waals surface area contributed by atoms with E-state index in [9.17, 15) is 0 Å². The Balaban J connectivity index is 1.81. The SMILES string of the molecule is CNC1CCCc2nc(N3CCN(C)CC3)ncc21. The highest BCUT2D eigenvalue weighted by Gasteiger charge is 2.23. The zero-order valence-electron chi connectivity index (χ0n) is 11.9. The highest BCUT2D eigenvalue weighted by atomic mass is 15.3. The van der Waals surface area contributed by atoms with Gasteiger partial charge < -0.3 is 15.1 Å². The summed E-state index contributed by atoms with van der Waals surface area (Å²) in [6, 6.07) is 0.435. The first-order valence-corrected chi connectivity index (χ1v) is 7.24. The van der Waals surface area contributed by atoms with Gasteiger partial charge in [0, 0.05) is 44.0 Å². The minimum Gasteiger partial charge on any atom is -0.338 e. The number of nitrogens with one attached hydrogen (secondary N) is 1. The maximum absolute atomic E-state index is 4.82. The van der Waals surface area contributed by atoms with Gasteiger partial charge in [-0.3, -0.25) is 0 Å². The number of likely N-dealkylation sites (N-methyl/N-ethyl adjacent to an activating group) is 1. The Hall–Kier alpha value is -1.20. The van der Waals surface area contributed by atoms with Crippen molar-refractivity contribution in [2.24, 2.45) is 0 Å². The van der Waals surface area contributed by atoms with Gasteiger partial charge in [0.2, 0.25) is 5.95 Å². The predicted octanol–water partition coefficient (Wildman–Crippen LogP) is 0.825. The van der Waals surface area contributed by atoms with Gasteiger partial charge in [-0.25, -0.2) is 9.97 Å². The van der Waals surface area contributed by atoms with Crippen LogP contribution in [0.3, 0.4) is 0 Å². The molecule has 0 bridgehead atoms. The second kappa shape index (κ2) is 5.43. The summed E-state index contributed by atoms with van der Waals surface area (Å²) in [6.07, 6.45) is 5.55. The molecule has 19 heavy (non-hydrogen) atoms. The monoisotopic (exact) mass is 261 g/mol. The molecule has 1 aliphatic carbocycles. The second-order valence-electron chi connectivity index (χ2n) is 5.60. The average Bonchev–Trinajstić information content (AvgIpc) is 2.47. The van der Waals surface area contributed by atoms with E-state index in [1.807, 2.05) is 13.2 Å². The fourth-order valence-corrected chi connectivity index (χ4v) is 3.00. The average molecular weight is 261 g/mol. The molecular formula is C14H23N5. The second-order valence-corrected chi connectivity index (χ2v) is 5.60. The molecule has 5 heteroatoms. The van der Waals surface area contributed by atoms with Gasteiger partial charge in [-0.05, 0) is 33.4 Å². The summed E-state index contributed by atoms with van der Waals surface area (Å²) in [5, 5.41) is 3.36. The molecule has 1 saturated heterocycles. The van der Waals surface area contributed by atoms with Gasteiger partial charge >= 0.3 is 0 Å². The third kappa shape index (κ3) is 2.58. The summed E-state index contributed by atoms with van der Waals surface area (Å²) in [7, 11) is 4.19. The molecule has 1 fully saturated rings. The lowest BCUT2D eigenvalue weighted by Gasteiger charge is -2.33. The molecular weight excluding hydrogens is 238 g/mol. The fraction of sp³-hybridized carbons (Fsp3) is 0.714. The van der Waals surface area contributed by atoms with Crippen molar-refractivity contribution in [2.45, 2.75) is 25.3 Å². The molecule has 0 saturated carbocycles. The van der Waals surface area contributed by atoms with Crippen LogP contribution in [0, 0.1) is 0 Å². The predicted molar refractivity (Wildman–Crippen MR) is 76.5 cm³/mol. The van der Waals surface area contributed by atoms with Crippen LogP contribution in [0.2, 0.25) is 0 Å². The number of nitrogens with zero attached hydrogens (tertiary/aromatic N) is 4. The van der Waals surface area contributed by atoms with E-state index in [4.69, 9.17) is 4.98 Å². The Morgan fingerprint density at radius 3 is 2.79 bits per heavy atom. The number of fused-ring (bicyclic) bond motifs is 1. The molecule has 0 radical (unpaired) electrons. The van der Waals surface area contributed by atoms with Crippen LogP contribution in [0.15, 0.2) is 6.20 Å². The lowest BCUT2D eigenvalue weighted by atomic mass is 9.92. The van der Waals surface area contributed by atoms with Crippen LogP contribution in [-0.2, 0) is 6.42 Å². The van der Waals surface area contributed by atoms with Crippen molar-refractivity contribution in [3.05, 3.63) is 17.5 Å². The topological polar surface area (TPSA) is 44.3 Å². The Kier molecular flexibility index (Phi) is 3.66. The summed E-state index contributed by atoms with van der Waals surface area (Å²) in [5.41, 5.74) is 2.54. The van der Waals surface area contributed by atoms with Gasteiger partial charge in [0.05, 0.1) is 5.69 Å². The quantitative estimate of drug-likeness (QED) is 0.854. The fourth-order valence-electron chi connectivity index (χ4n) is 3.00. The van der Waals surface area contributed by atoms with Crippen molar-refractivity contribution in [1.82, 2.24) is 20.2 Å². The molecule has 1 atom stereocenters. The van der Waals surface area contributed by atoms with E-state index in [1.165, 1.54) is 24.1 Å². The maximum atomic E-state index is 4.82. The Labute approximate surface area is 115 Å². The van der Waals surface area contributed by atoms with Crippen LogP contribution in [0.4, 0.5) is 5.95 Å². The van der Waals surface area contributed by atoms with Crippen LogP contribution in [0.5, 0.6) is 0 Å². The van der Waals surface area contributed by atoms with E-state index < -0.39 is 0 Å². The lowest BCUT2D eigenvalue weighted by molar-refractivity contribution is 0.311. The van der Waals surface area contributed by atoms with Crippen LogP contribution in [0.25, 0.3) is 0 Å². The summed E-state index contributed by atoms with van der Waals surface area (Å²) < 4.78 is 0. The third-order valence-electron chi connectivity index (χ3n) is 4.30. The number of aromatic nitrogens is 2. The van der Waals surface area contributed by atoms with E-state index >= 15 is 0 Å². The largest absolute Gasteiger partial charge is 0.338 e. The Bertz CT molecular complexity index is 439. The van der Waals surface area contributed by atoms with Gasteiger partial charge in [0.25, 0.3) is 0 Å². The van der Waals surface area contributed by atoms with Gasteiger partial charge in [0.1, 0.15) is 0 Å². The zero-order chi connectivity index (χ0) is 13.2. The van der Waals surface area contributed by atoms with E-state index in [1.54, 1.807) is 0 Å². The normalized spacial score (nSPS) is 24.3. The molecule has 104 valence electrons. The van der Waals surface area contributed by atoms with E-state index in [-0.39, 0.29) is 0 Å². The molecule has 0 amide bonds. The summed E-state index contributed by atoms with van der Waals surface area (Å²) in [6.45, 7) is 4.26. The van der Waals surface area contributed by atoms with E-state index in [0.29, 0.717) is 6.04 Å². The first-order valence-electron chi connectivity index (χ1n) is 7.24. The van der Waals surface area contributed by atoms with Crippen molar-refractivity contribution < 1.29 is 0 Å². The minimum absolute atomic E-state index is 0.435. The highest BCUT2D eigenvalue weighted by Crippen LogP contribution is 2.28. The summed E-state index contributed by atoms with van der Waals surface area (Å²) in [4.78, 5) is 14.1. The molecule has 0 spiro atoms. The van der Waals surface area contributed by atoms with Gasteiger partial charge in [-0.15, -0.1) is 0 Å². The van der Waals surface area contributed by atoms with Crippen molar-refractivity contribution in [2.75, 3.05) is 45.2 Å². The highest BCUT2D eigenvalue weighted by molar-refractivity contribution is 5.36. The standard InChI is InChI=1S/C14H23N5/c1-15-12-4-3-5-13-11(12)10-16-14(17-13)19-8-6-18(2)7-9-19/h10,12,15H,3-9H2,1-2H3. The molecule has 1 unspecified atom stereocenters. The number of piperazine rings is 1. The Morgan fingerprint density at radius 1 is 1.26 bits per heavy atom. The van der Waals surface area contributed by atoms with Crippen LogP contribution >= 0.6 is 0 Å². The van der Waals surface area contributed by atoms with Gasteiger partial charge in [0.15, 0.2) is 0 Å². The molecule has 1 aliphatic heterocycles. The number of anilines is 1. The van der Waals surface area contributed by atoms with Gasteiger partial charge in [-0.1, -0.05) is 0 Å². The third-order valence-corrected chi connectivity index (χ3v) is 4.30. The molecule has 1 N–H and O–H groups in total. The number of rotatable bonds is 2. The van der Waals surface area contributed by atoms with Gasteiger partial charge in [-0.2, -0.15) is 0 Å². The molecule has 0 aromatic carbocycles. The number of hydrogen-bond donors (Lipinski definition) is 1. The molecule has 1 aromatic rings. The van der Waals surface area contributed by atoms with E-state index in [0.717, 1.165) is 38.5 Å². The van der Waals surface area contributed by atoms with Crippen LogP contribution in [-0.4, -0.2) is 55.1 Å². The Morgan fingerprint density at radius 2 is 2.05 bits per heavy atom. The first-order chi connectivity index (χ1) is 9.28. The summed E-state index contributed by atoms with van der Waals surface area (Å²) in [5.74, 6) is 0.920. The smallest absolute Gasteiger partial charge is 0.225 e. The number of hydrogen-bond acceptors (Lipinski definition) is 5.